The first-order valence-corrected chi connectivity index (χ1v) is 12.4. The largest absolute Gasteiger partial charge is 0.494 e. The van der Waals surface area contributed by atoms with E-state index in [1.54, 1.807) is 54.6 Å². The van der Waals surface area contributed by atoms with Crippen molar-refractivity contribution >= 4 is 54.8 Å². The van der Waals surface area contributed by atoms with Crippen LogP contribution in [0.15, 0.2) is 76.1 Å². The van der Waals surface area contributed by atoms with Gasteiger partial charge in [0.2, 0.25) is 5.91 Å². The zero-order valence-electron chi connectivity index (χ0n) is 17.5. The molecule has 0 spiro atoms. The third-order valence-corrected chi connectivity index (χ3v) is 7.15. The Kier molecular flexibility index (Phi) is 7.82. The first kappa shape index (κ1) is 24.1. The van der Waals surface area contributed by atoms with Gasteiger partial charge in [-0.3, -0.25) is 9.10 Å². The summed E-state index contributed by atoms with van der Waals surface area (Å²) >= 11 is 9.34. The zero-order valence-corrected chi connectivity index (χ0v) is 20.7. The number of hydrogen-bond acceptors (Lipinski definition) is 4. The van der Waals surface area contributed by atoms with Crippen LogP contribution < -0.4 is 14.4 Å². The maximum Gasteiger partial charge on any atom is 0.264 e. The lowest BCUT2D eigenvalue weighted by molar-refractivity contribution is -0.114. The van der Waals surface area contributed by atoms with Crippen molar-refractivity contribution in [2.75, 3.05) is 22.8 Å². The Bertz CT molecular complexity index is 1200. The minimum absolute atomic E-state index is 0.0707. The molecule has 0 saturated carbocycles. The monoisotopic (exact) mass is 536 g/mol. The summed E-state index contributed by atoms with van der Waals surface area (Å²) in [4.78, 5) is 12.9. The number of ether oxygens (including phenoxy) is 1. The molecular weight excluding hydrogens is 516 g/mol. The topological polar surface area (TPSA) is 75.7 Å². The van der Waals surface area contributed by atoms with Gasteiger partial charge >= 0.3 is 0 Å². The summed E-state index contributed by atoms with van der Waals surface area (Å²) in [6, 6.07) is 17.9. The van der Waals surface area contributed by atoms with E-state index in [0.29, 0.717) is 28.8 Å². The molecule has 0 saturated heterocycles. The van der Waals surface area contributed by atoms with Crippen LogP contribution >= 0.6 is 27.5 Å². The van der Waals surface area contributed by atoms with Gasteiger partial charge in [-0.1, -0.05) is 33.6 Å². The standard InChI is InChI=1S/C23H22BrClN2O4S/c1-3-31-20-10-8-19(9-11-20)27(32(29,30)21-12-5-17(24)6-13-21)15-23(28)26-22-14-18(25)7-4-16(22)2/h4-14H,3,15H2,1-2H3,(H,26,28). The van der Waals surface area contributed by atoms with Gasteiger partial charge in [0.1, 0.15) is 12.3 Å². The first-order valence-electron chi connectivity index (χ1n) is 9.78. The van der Waals surface area contributed by atoms with Crippen LogP contribution in [0.1, 0.15) is 12.5 Å². The summed E-state index contributed by atoms with van der Waals surface area (Å²) in [6.07, 6.45) is 0. The second-order valence-corrected chi connectivity index (χ2v) is 10.1. The number of carbonyl (C=O) groups is 1. The average Bonchev–Trinajstić information content (AvgIpc) is 2.76. The van der Waals surface area contributed by atoms with Crippen LogP contribution in [0.3, 0.4) is 0 Å². The molecule has 3 aromatic carbocycles. The highest BCUT2D eigenvalue weighted by Gasteiger charge is 2.27. The van der Waals surface area contributed by atoms with Crippen LogP contribution in [-0.4, -0.2) is 27.5 Å². The highest BCUT2D eigenvalue weighted by molar-refractivity contribution is 9.10. The highest BCUT2D eigenvalue weighted by atomic mass is 79.9. The molecule has 3 rings (SSSR count). The summed E-state index contributed by atoms with van der Waals surface area (Å²) in [7, 11) is -4.02. The van der Waals surface area contributed by atoms with Gasteiger partial charge in [-0.25, -0.2) is 8.42 Å². The van der Waals surface area contributed by atoms with E-state index in [4.69, 9.17) is 16.3 Å². The molecule has 6 nitrogen and oxygen atoms in total. The molecular formula is C23H22BrClN2O4S. The van der Waals surface area contributed by atoms with Gasteiger partial charge < -0.3 is 10.1 Å². The van der Waals surface area contributed by atoms with Gasteiger partial charge in [-0.2, -0.15) is 0 Å². The first-order chi connectivity index (χ1) is 15.2. The van der Waals surface area contributed by atoms with Crippen LogP contribution in [0, 0.1) is 6.92 Å². The number of sulfonamides is 1. The molecule has 0 unspecified atom stereocenters. The summed E-state index contributed by atoms with van der Waals surface area (Å²) < 4.78 is 34.1. The van der Waals surface area contributed by atoms with Crippen LogP contribution in [0.25, 0.3) is 0 Å². The summed E-state index contributed by atoms with van der Waals surface area (Å²) in [6.45, 7) is 3.76. The number of nitrogens with zero attached hydrogens (tertiary/aromatic N) is 1. The van der Waals surface area contributed by atoms with E-state index in [1.807, 2.05) is 13.8 Å². The molecule has 0 aliphatic rings. The molecule has 0 bridgehead atoms. The number of amides is 1. The number of rotatable bonds is 8. The van der Waals surface area contributed by atoms with Gasteiger partial charge in [0.15, 0.2) is 0 Å². The normalized spacial score (nSPS) is 11.1. The van der Waals surface area contributed by atoms with Crippen molar-refractivity contribution in [1.82, 2.24) is 0 Å². The minimum atomic E-state index is -4.02. The van der Waals surface area contributed by atoms with E-state index in [0.717, 1.165) is 14.3 Å². The van der Waals surface area contributed by atoms with Crippen LogP contribution in [0.4, 0.5) is 11.4 Å². The number of aryl methyl sites for hydroxylation is 1. The molecule has 1 amide bonds. The number of nitrogens with one attached hydrogen (secondary N) is 1. The number of benzene rings is 3. The van der Waals surface area contributed by atoms with Crippen molar-refractivity contribution in [3.05, 3.63) is 81.8 Å². The van der Waals surface area contributed by atoms with Crippen molar-refractivity contribution in [3.8, 4) is 5.75 Å². The number of hydrogen-bond donors (Lipinski definition) is 1. The predicted molar refractivity (Wildman–Crippen MR) is 131 cm³/mol. The van der Waals surface area contributed by atoms with Gasteiger partial charge in [-0.15, -0.1) is 0 Å². The molecule has 3 aromatic rings. The summed E-state index contributed by atoms with van der Waals surface area (Å²) in [5, 5.41) is 3.22. The zero-order chi connectivity index (χ0) is 23.3. The van der Waals surface area contributed by atoms with E-state index in [-0.39, 0.29) is 4.90 Å². The predicted octanol–water partition coefficient (Wildman–Crippen LogP) is 5.64. The molecule has 168 valence electrons. The van der Waals surface area contributed by atoms with Crippen molar-refractivity contribution in [2.45, 2.75) is 18.7 Å². The van der Waals surface area contributed by atoms with E-state index in [1.165, 1.54) is 12.1 Å². The molecule has 0 heterocycles. The second kappa shape index (κ2) is 10.4. The van der Waals surface area contributed by atoms with Crippen LogP contribution in [0.2, 0.25) is 5.02 Å². The van der Waals surface area contributed by atoms with Gasteiger partial charge in [0.05, 0.1) is 17.2 Å². The van der Waals surface area contributed by atoms with Crippen LogP contribution in [0.5, 0.6) is 5.75 Å². The minimum Gasteiger partial charge on any atom is -0.494 e. The molecule has 0 atom stereocenters. The quantitative estimate of drug-likeness (QED) is 0.403. The van der Waals surface area contributed by atoms with Crippen molar-refractivity contribution in [2.24, 2.45) is 0 Å². The Hall–Kier alpha value is -2.55. The number of halogens is 2. The maximum absolute atomic E-state index is 13.4. The lowest BCUT2D eigenvalue weighted by Crippen LogP contribution is -2.38. The Labute approximate surface area is 201 Å². The van der Waals surface area contributed by atoms with E-state index in [9.17, 15) is 13.2 Å². The SMILES string of the molecule is CCOc1ccc(N(CC(=O)Nc2cc(Cl)ccc2C)S(=O)(=O)c2ccc(Br)cc2)cc1. The maximum atomic E-state index is 13.4. The molecule has 0 aromatic heterocycles. The lowest BCUT2D eigenvalue weighted by Gasteiger charge is -2.24. The molecule has 32 heavy (non-hydrogen) atoms. The molecule has 0 aliphatic heterocycles. The Morgan fingerprint density at radius 3 is 2.34 bits per heavy atom. The van der Waals surface area contributed by atoms with Crippen molar-refractivity contribution in [3.63, 3.8) is 0 Å². The van der Waals surface area contributed by atoms with E-state index in [2.05, 4.69) is 21.2 Å². The van der Waals surface area contributed by atoms with Crippen LogP contribution in [-0.2, 0) is 14.8 Å². The number of carbonyl (C=O) groups excluding carboxylic acids is 1. The molecule has 0 radical (unpaired) electrons. The van der Waals surface area contributed by atoms with Crippen molar-refractivity contribution in [1.29, 1.82) is 0 Å². The fourth-order valence-electron chi connectivity index (χ4n) is 2.97. The van der Waals surface area contributed by atoms with Gasteiger partial charge in [0, 0.05) is 15.2 Å². The highest BCUT2D eigenvalue weighted by Crippen LogP contribution is 2.27. The fourth-order valence-corrected chi connectivity index (χ4v) is 4.83. The molecule has 9 heteroatoms. The molecule has 0 fully saturated rings. The number of anilines is 2. The Morgan fingerprint density at radius 2 is 1.72 bits per heavy atom. The van der Waals surface area contributed by atoms with Crippen molar-refractivity contribution < 1.29 is 17.9 Å². The summed E-state index contributed by atoms with van der Waals surface area (Å²) in [5.41, 5.74) is 1.68. The fraction of sp³-hybridized carbons (Fsp3) is 0.174. The Balaban J connectivity index is 1.95. The second-order valence-electron chi connectivity index (χ2n) is 6.90. The average molecular weight is 538 g/mol. The van der Waals surface area contributed by atoms with Gasteiger partial charge in [0.25, 0.3) is 10.0 Å². The smallest absolute Gasteiger partial charge is 0.264 e. The third kappa shape index (κ3) is 5.82. The summed E-state index contributed by atoms with van der Waals surface area (Å²) in [5.74, 6) is 0.112. The lowest BCUT2D eigenvalue weighted by atomic mass is 10.2. The molecule has 1 N–H and O–H groups in total. The van der Waals surface area contributed by atoms with E-state index >= 15 is 0 Å². The molecule has 0 aliphatic carbocycles. The third-order valence-electron chi connectivity index (χ3n) is 4.60. The van der Waals surface area contributed by atoms with E-state index < -0.39 is 22.5 Å². The van der Waals surface area contributed by atoms with Gasteiger partial charge in [-0.05, 0) is 80.1 Å². The Morgan fingerprint density at radius 1 is 1.06 bits per heavy atom.